The molecular weight excluding hydrogens is 371 g/mol. The Morgan fingerprint density at radius 3 is 2.48 bits per heavy atom. The standard InChI is InChI=1S/C17H14F3NO6/c1-25-16(22)7-8-26-12-3-2-4-13(10-12)27-15-6-5-11(17(18,19)20)9-14(15)21(23)24/h2-6,9-10H,7-8H2,1H3. The van der Waals surface area contributed by atoms with Gasteiger partial charge in [0.05, 0.1) is 30.6 Å². The second kappa shape index (κ2) is 8.39. The van der Waals surface area contributed by atoms with Crippen LogP contribution >= 0.6 is 0 Å². The van der Waals surface area contributed by atoms with Crippen LogP contribution in [0.5, 0.6) is 17.2 Å². The summed E-state index contributed by atoms with van der Waals surface area (Å²) in [7, 11) is 1.24. The summed E-state index contributed by atoms with van der Waals surface area (Å²) >= 11 is 0. The summed E-state index contributed by atoms with van der Waals surface area (Å²) in [5.41, 5.74) is -1.97. The Labute approximate surface area is 151 Å². The van der Waals surface area contributed by atoms with Gasteiger partial charge in [-0.3, -0.25) is 14.9 Å². The van der Waals surface area contributed by atoms with Crippen molar-refractivity contribution in [3.63, 3.8) is 0 Å². The van der Waals surface area contributed by atoms with Gasteiger partial charge >= 0.3 is 17.8 Å². The summed E-state index contributed by atoms with van der Waals surface area (Å²) in [6.07, 6.45) is -4.69. The molecule has 0 aromatic heterocycles. The highest BCUT2D eigenvalue weighted by molar-refractivity contribution is 5.69. The van der Waals surface area contributed by atoms with E-state index in [2.05, 4.69) is 4.74 Å². The van der Waals surface area contributed by atoms with Crippen molar-refractivity contribution in [2.45, 2.75) is 12.6 Å². The number of nitro benzene ring substituents is 1. The minimum Gasteiger partial charge on any atom is -0.493 e. The van der Waals surface area contributed by atoms with Gasteiger partial charge in [-0.05, 0) is 24.3 Å². The average molecular weight is 385 g/mol. The number of rotatable bonds is 7. The molecule has 0 atom stereocenters. The van der Waals surface area contributed by atoms with E-state index in [9.17, 15) is 28.1 Å². The molecule has 0 amide bonds. The molecule has 27 heavy (non-hydrogen) atoms. The van der Waals surface area contributed by atoms with Crippen molar-refractivity contribution in [1.29, 1.82) is 0 Å². The predicted molar refractivity (Wildman–Crippen MR) is 86.7 cm³/mol. The Hall–Kier alpha value is -3.30. The monoisotopic (exact) mass is 385 g/mol. The normalized spacial score (nSPS) is 11.0. The van der Waals surface area contributed by atoms with Crippen LogP contribution in [0.2, 0.25) is 0 Å². The molecule has 0 unspecified atom stereocenters. The quantitative estimate of drug-likeness (QED) is 0.400. The van der Waals surface area contributed by atoms with Gasteiger partial charge in [-0.15, -0.1) is 0 Å². The Balaban J connectivity index is 2.18. The molecule has 144 valence electrons. The molecule has 0 saturated carbocycles. The molecular formula is C17H14F3NO6. The number of hydrogen-bond acceptors (Lipinski definition) is 6. The topological polar surface area (TPSA) is 87.9 Å². The summed E-state index contributed by atoms with van der Waals surface area (Å²) in [4.78, 5) is 21.2. The van der Waals surface area contributed by atoms with E-state index in [4.69, 9.17) is 9.47 Å². The van der Waals surface area contributed by atoms with E-state index in [1.54, 1.807) is 6.07 Å². The lowest BCUT2D eigenvalue weighted by Gasteiger charge is -2.11. The molecule has 7 nitrogen and oxygen atoms in total. The van der Waals surface area contributed by atoms with Crippen LogP contribution in [0.15, 0.2) is 42.5 Å². The first kappa shape index (κ1) is 20.0. The molecule has 0 aliphatic heterocycles. The van der Waals surface area contributed by atoms with Crippen molar-refractivity contribution in [2.24, 2.45) is 0 Å². The number of nitro groups is 1. The number of carbonyl (C=O) groups excluding carboxylic acids is 1. The third kappa shape index (κ3) is 5.59. The van der Waals surface area contributed by atoms with Gasteiger partial charge in [0.1, 0.15) is 11.5 Å². The van der Waals surface area contributed by atoms with Gasteiger partial charge in [0, 0.05) is 12.1 Å². The molecule has 0 spiro atoms. The zero-order chi connectivity index (χ0) is 20.0. The number of benzene rings is 2. The largest absolute Gasteiger partial charge is 0.493 e. The number of halogens is 3. The molecule has 2 aromatic carbocycles. The maximum Gasteiger partial charge on any atom is 0.416 e. The van der Waals surface area contributed by atoms with E-state index in [-0.39, 0.29) is 24.5 Å². The van der Waals surface area contributed by atoms with E-state index in [1.807, 2.05) is 0 Å². The summed E-state index contributed by atoms with van der Waals surface area (Å²) in [6.45, 7) is 0.0382. The number of carbonyl (C=O) groups is 1. The van der Waals surface area contributed by atoms with Crippen LogP contribution in [0.3, 0.4) is 0 Å². The molecule has 0 aliphatic rings. The van der Waals surface area contributed by atoms with E-state index in [0.717, 1.165) is 6.07 Å². The molecule has 10 heteroatoms. The fourth-order valence-corrected chi connectivity index (χ4v) is 2.03. The summed E-state index contributed by atoms with van der Waals surface area (Å²) in [6, 6.07) is 7.91. The van der Waals surface area contributed by atoms with Crippen LogP contribution < -0.4 is 9.47 Å². The SMILES string of the molecule is COC(=O)CCOc1cccc(Oc2ccc(C(F)(F)F)cc2[N+](=O)[O-])c1. The van der Waals surface area contributed by atoms with E-state index < -0.39 is 28.3 Å². The van der Waals surface area contributed by atoms with Crippen LogP contribution in [-0.2, 0) is 15.7 Å². The first-order chi connectivity index (χ1) is 12.7. The highest BCUT2D eigenvalue weighted by atomic mass is 19.4. The summed E-state index contributed by atoms with van der Waals surface area (Å²) in [5.74, 6) is -0.373. The molecule has 2 aromatic rings. The molecule has 0 fully saturated rings. The molecule has 0 heterocycles. The zero-order valence-corrected chi connectivity index (χ0v) is 14.0. The van der Waals surface area contributed by atoms with Crippen molar-refractivity contribution < 1.29 is 37.1 Å². The Bertz CT molecular complexity index is 838. The van der Waals surface area contributed by atoms with Crippen molar-refractivity contribution >= 4 is 11.7 Å². The van der Waals surface area contributed by atoms with E-state index >= 15 is 0 Å². The van der Waals surface area contributed by atoms with Gasteiger partial charge in [-0.25, -0.2) is 0 Å². The molecule has 2 rings (SSSR count). The molecule has 0 saturated heterocycles. The van der Waals surface area contributed by atoms with Gasteiger partial charge in [-0.1, -0.05) is 6.07 Å². The second-order valence-corrected chi connectivity index (χ2v) is 5.19. The number of alkyl halides is 3. The van der Waals surface area contributed by atoms with Crippen LogP contribution in [0.25, 0.3) is 0 Å². The fourth-order valence-electron chi connectivity index (χ4n) is 2.03. The number of hydrogen-bond donors (Lipinski definition) is 0. The first-order valence-electron chi connectivity index (χ1n) is 7.54. The third-order valence-electron chi connectivity index (χ3n) is 3.32. The number of nitrogens with zero attached hydrogens (tertiary/aromatic N) is 1. The summed E-state index contributed by atoms with van der Waals surface area (Å²) in [5, 5.41) is 11.1. The van der Waals surface area contributed by atoms with Gasteiger partial charge in [0.25, 0.3) is 0 Å². The maximum absolute atomic E-state index is 12.7. The average Bonchev–Trinajstić information content (AvgIpc) is 2.61. The Morgan fingerprint density at radius 2 is 1.85 bits per heavy atom. The minimum absolute atomic E-state index is 0.0198. The van der Waals surface area contributed by atoms with Crippen molar-refractivity contribution in [1.82, 2.24) is 0 Å². The van der Waals surface area contributed by atoms with E-state index in [0.29, 0.717) is 17.9 Å². The lowest BCUT2D eigenvalue weighted by atomic mass is 10.2. The van der Waals surface area contributed by atoms with Crippen LogP contribution in [0, 0.1) is 10.1 Å². The van der Waals surface area contributed by atoms with Gasteiger partial charge in [-0.2, -0.15) is 13.2 Å². The highest BCUT2D eigenvalue weighted by Gasteiger charge is 2.33. The zero-order valence-electron chi connectivity index (χ0n) is 14.0. The predicted octanol–water partition coefficient (Wildman–Crippen LogP) is 4.35. The first-order valence-corrected chi connectivity index (χ1v) is 7.54. The number of methoxy groups -OCH3 is 1. The number of esters is 1. The maximum atomic E-state index is 12.7. The van der Waals surface area contributed by atoms with Crippen LogP contribution in [0.1, 0.15) is 12.0 Å². The molecule has 0 aliphatic carbocycles. The van der Waals surface area contributed by atoms with Crippen LogP contribution in [0.4, 0.5) is 18.9 Å². The van der Waals surface area contributed by atoms with Crippen LogP contribution in [-0.4, -0.2) is 24.6 Å². The lowest BCUT2D eigenvalue weighted by Crippen LogP contribution is -2.07. The van der Waals surface area contributed by atoms with Crippen molar-refractivity contribution in [2.75, 3.05) is 13.7 Å². The van der Waals surface area contributed by atoms with Crippen molar-refractivity contribution in [3.8, 4) is 17.2 Å². The fraction of sp³-hybridized carbons (Fsp3) is 0.235. The van der Waals surface area contributed by atoms with Gasteiger partial charge < -0.3 is 14.2 Å². The molecule has 0 bridgehead atoms. The number of ether oxygens (including phenoxy) is 3. The Morgan fingerprint density at radius 1 is 1.15 bits per heavy atom. The lowest BCUT2D eigenvalue weighted by molar-refractivity contribution is -0.385. The third-order valence-corrected chi connectivity index (χ3v) is 3.32. The van der Waals surface area contributed by atoms with Gasteiger partial charge in [0.2, 0.25) is 5.75 Å². The Kier molecular flexibility index (Phi) is 6.22. The molecule has 0 N–H and O–H groups in total. The van der Waals surface area contributed by atoms with Crippen molar-refractivity contribution in [3.05, 3.63) is 58.1 Å². The van der Waals surface area contributed by atoms with Gasteiger partial charge in [0.15, 0.2) is 0 Å². The minimum atomic E-state index is -4.71. The second-order valence-electron chi connectivity index (χ2n) is 5.19. The van der Waals surface area contributed by atoms with E-state index in [1.165, 1.54) is 25.3 Å². The summed E-state index contributed by atoms with van der Waals surface area (Å²) < 4.78 is 53.3. The molecule has 0 radical (unpaired) electrons. The highest BCUT2D eigenvalue weighted by Crippen LogP contribution is 2.38. The smallest absolute Gasteiger partial charge is 0.416 e.